The first-order chi connectivity index (χ1) is 11.6. The Bertz CT molecular complexity index is 1060. The summed E-state index contributed by atoms with van der Waals surface area (Å²) in [5.74, 6) is -0.158. The van der Waals surface area contributed by atoms with Crippen molar-refractivity contribution in [3.8, 4) is 10.7 Å². The molecule has 0 aromatic carbocycles. The number of halogens is 3. The fourth-order valence-electron chi connectivity index (χ4n) is 2.17. The first kappa shape index (κ1) is 17.5. The lowest BCUT2D eigenvalue weighted by Gasteiger charge is -2.04. The average molecular weight is 390 g/mol. The topological polar surface area (TPSA) is 84.0 Å². The summed E-state index contributed by atoms with van der Waals surface area (Å²) in [5, 5.41) is 9.90. The van der Waals surface area contributed by atoms with Crippen molar-refractivity contribution in [3.63, 3.8) is 0 Å². The van der Waals surface area contributed by atoms with Crippen molar-refractivity contribution in [3.05, 3.63) is 36.2 Å². The maximum absolute atomic E-state index is 12.9. The molecule has 25 heavy (non-hydrogen) atoms. The van der Waals surface area contributed by atoms with E-state index in [2.05, 4.69) is 9.97 Å². The van der Waals surface area contributed by atoms with E-state index in [-0.39, 0.29) is 31.7 Å². The number of hydrogen-bond donors (Lipinski definition) is 1. The molecule has 3 rings (SSSR count). The predicted octanol–water partition coefficient (Wildman–Crippen LogP) is 2.70. The largest absolute Gasteiger partial charge is 0.422 e. The Morgan fingerprint density at radius 3 is 2.72 bits per heavy atom. The highest BCUT2D eigenvalue weighted by Gasteiger charge is 2.36. The van der Waals surface area contributed by atoms with E-state index in [1.165, 1.54) is 25.3 Å². The number of nitrogens with zero attached hydrogens (tertiary/aromatic N) is 3. The van der Waals surface area contributed by atoms with Crippen LogP contribution in [-0.2, 0) is 16.0 Å². The third kappa shape index (κ3) is 3.16. The number of fused-ring (bicyclic) bond motifs is 1. The number of thiazole rings is 1. The molecule has 3 aromatic rings. The van der Waals surface area contributed by atoms with Crippen molar-refractivity contribution in [1.29, 1.82) is 0 Å². The molecule has 0 unspecified atom stereocenters. The second kappa shape index (κ2) is 5.92. The fourth-order valence-corrected chi connectivity index (χ4v) is 4.22. The van der Waals surface area contributed by atoms with Gasteiger partial charge in [-0.15, -0.1) is 0 Å². The Hall–Kier alpha value is -2.27. The molecule has 0 saturated carbocycles. The van der Waals surface area contributed by atoms with Crippen LogP contribution in [0, 0.1) is 0 Å². The van der Waals surface area contributed by atoms with Gasteiger partial charge >= 0.3 is 11.0 Å². The minimum absolute atomic E-state index is 0.0408. The van der Waals surface area contributed by atoms with Crippen molar-refractivity contribution < 1.29 is 31.5 Å². The molecule has 3 heterocycles. The van der Waals surface area contributed by atoms with E-state index in [9.17, 15) is 26.8 Å². The molecule has 0 radical (unpaired) electrons. The minimum Gasteiger partial charge on any atom is -0.284 e. The molecule has 3 aromatic heterocycles. The predicted molar refractivity (Wildman–Crippen MR) is 83.0 cm³/mol. The number of alkyl halides is 3. The quantitative estimate of drug-likeness (QED) is 0.549. The summed E-state index contributed by atoms with van der Waals surface area (Å²) in [4.78, 5) is 8.04. The van der Waals surface area contributed by atoms with Crippen LogP contribution in [0.1, 0.15) is 12.5 Å². The van der Waals surface area contributed by atoms with E-state index >= 15 is 0 Å². The molecule has 0 fully saturated rings. The Labute approximate surface area is 144 Å². The smallest absolute Gasteiger partial charge is 0.284 e. The molecule has 132 valence electrons. The molecule has 0 atom stereocenters. The van der Waals surface area contributed by atoms with Crippen molar-refractivity contribution in [1.82, 2.24) is 9.97 Å². The monoisotopic (exact) mass is 390 g/mol. The van der Waals surface area contributed by atoms with Gasteiger partial charge in [-0.05, 0) is 29.5 Å². The Balaban J connectivity index is 2.24. The normalized spacial score (nSPS) is 12.6. The standard InChI is InChI=1S/C14H11F3N3O3S2/c1-2-25(22,23)10-4-3-5-18-11(10)12-19-9-6-8(14(15,16)17)7-20(21)13(9)24-12/h3-7,21H,2H2,1H3/q+1. The van der Waals surface area contributed by atoms with Gasteiger partial charge in [0.15, 0.2) is 15.4 Å². The number of hydrogen-bond acceptors (Lipinski definition) is 6. The zero-order valence-corrected chi connectivity index (χ0v) is 14.3. The summed E-state index contributed by atoms with van der Waals surface area (Å²) in [7, 11) is -3.60. The highest BCUT2D eigenvalue weighted by Crippen LogP contribution is 2.34. The Kier molecular flexibility index (Phi) is 4.15. The summed E-state index contributed by atoms with van der Waals surface area (Å²) < 4.78 is 63.3. The van der Waals surface area contributed by atoms with Gasteiger partial charge in [0.1, 0.15) is 16.3 Å². The molecule has 6 nitrogen and oxygen atoms in total. The van der Waals surface area contributed by atoms with Gasteiger partial charge in [-0.3, -0.25) is 10.2 Å². The summed E-state index contributed by atoms with van der Waals surface area (Å²) >= 11 is 0.845. The lowest BCUT2D eigenvalue weighted by Crippen LogP contribution is -2.31. The van der Waals surface area contributed by atoms with Crippen LogP contribution in [0.3, 0.4) is 0 Å². The molecule has 0 spiro atoms. The van der Waals surface area contributed by atoms with Crippen LogP contribution >= 0.6 is 11.3 Å². The summed E-state index contributed by atoms with van der Waals surface area (Å²) in [6, 6.07) is 3.60. The van der Waals surface area contributed by atoms with Crippen LogP contribution < -0.4 is 4.73 Å². The van der Waals surface area contributed by atoms with Crippen LogP contribution in [0.4, 0.5) is 13.2 Å². The summed E-state index contributed by atoms with van der Waals surface area (Å²) in [6.45, 7) is 1.47. The van der Waals surface area contributed by atoms with Crippen molar-refractivity contribution in [2.75, 3.05) is 5.75 Å². The van der Waals surface area contributed by atoms with Crippen LogP contribution in [0.25, 0.3) is 21.0 Å². The Morgan fingerprint density at radius 2 is 2.08 bits per heavy atom. The van der Waals surface area contributed by atoms with Gasteiger partial charge in [0, 0.05) is 10.9 Å². The van der Waals surface area contributed by atoms with E-state index in [4.69, 9.17) is 0 Å². The van der Waals surface area contributed by atoms with Crippen molar-refractivity contribution in [2.24, 2.45) is 0 Å². The van der Waals surface area contributed by atoms with Crippen molar-refractivity contribution in [2.45, 2.75) is 18.0 Å². The van der Waals surface area contributed by atoms with E-state index in [1.54, 1.807) is 0 Å². The van der Waals surface area contributed by atoms with Gasteiger partial charge in [-0.25, -0.2) is 13.4 Å². The average Bonchev–Trinajstić information content (AvgIpc) is 2.99. The summed E-state index contributed by atoms with van der Waals surface area (Å²) in [6.07, 6.45) is -2.75. The molecular weight excluding hydrogens is 379 g/mol. The number of aromatic nitrogens is 3. The fraction of sp³-hybridized carbons (Fsp3) is 0.214. The van der Waals surface area contributed by atoms with Gasteiger partial charge in [0.05, 0.1) is 10.6 Å². The molecule has 1 N–H and O–H groups in total. The molecule has 0 aliphatic rings. The zero-order valence-electron chi connectivity index (χ0n) is 12.6. The summed E-state index contributed by atoms with van der Waals surface area (Å²) in [5.41, 5.74) is -1.14. The van der Waals surface area contributed by atoms with Gasteiger partial charge in [0.25, 0.3) is 0 Å². The first-order valence-corrected chi connectivity index (χ1v) is 9.41. The van der Waals surface area contributed by atoms with Gasteiger partial charge < -0.3 is 0 Å². The number of rotatable bonds is 3. The van der Waals surface area contributed by atoms with Crippen molar-refractivity contribution >= 4 is 31.5 Å². The highest BCUT2D eigenvalue weighted by molar-refractivity contribution is 7.91. The van der Waals surface area contributed by atoms with Gasteiger partial charge in [-0.1, -0.05) is 6.92 Å². The second-order valence-electron chi connectivity index (χ2n) is 5.03. The third-order valence-electron chi connectivity index (χ3n) is 3.41. The molecule has 0 amide bonds. The molecule has 0 bridgehead atoms. The first-order valence-electron chi connectivity index (χ1n) is 6.94. The maximum Gasteiger partial charge on any atom is 0.422 e. The van der Waals surface area contributed by atoms with Crippen LogP contribution in [0.5, 0.6) is 0 Å². The molecule has 0 saturated heterocycles. The van der Waals surface area contributed by atoms with E-state index in [0.29, 0.717) is 10.9 Å². The lowest BCUT2D eigenvalue weighted by atomic mass is 10.2. The van der Waals surface area contributed by atoms with E-state index < -0.39 is 21.6 Å². The molecule has 0 aliphatic heterocycles. The number of sulfone groups is 1. The maximum atomic E-state index is 12.9. The molecule has 11 heteroatoms. The zero-order chi connectivity index (χ0) is 18.4. The number of pyridine rings is 2. The molecular formula is C14H11F3N3O3S2+. The van der Waals surface area contributed by atoms with Crippen LogP contribution in [-0.4, -0.2) is 29.3 Å². The second-order valence-corrected chi connectivity index (χ2v) is 8.26. The van der Waals surface area contributed by atoms with E-state index in [0.717, 1.165) is 17.4 Å². The lowest BCUT2D eigenvalue weighted by molar-refractivity contribution is -0.883. The Morgan fingerprint density at radius 1 is 1.36 bits per heavy atom. The SMILES string of the molecule is CCS(=O)(=O)c1cccnc1-c1nc2cc(C(F)(F)F)c[n+](O)c2s1. The van der Waals surface area contributed by atoms with E-state index in [1.807, 2.05) is 0 Å². The van der Waals surface area contributed by atoms with Crippen LogP contribution in [0.15, 0.2) is 35.5 Å². The van der Waals surface area contributed by atoms with Gasteiger partial charge in [-0.2, -0.15) is 13.2 Å². The molecule has 0 aliphatic carbocycles. The minimum atomic E-state index is -4.65. The van der Waals surface area contributed by atoms with Gasteiger partial charge in [0.2, 0.25) is 6.20 Å². The van der Waals surface area contributed by atoms with Crippen LogP contribution in [0.2, 0.25) is 0 Å². The highest BCUT2D eigenvalue weighted by atomic mass is 32.2. The third-order valence-corrected chi connectivity index (χ3v) is 6.24.